The van der Waals surface area contributed by atoms with Crippen molar-refractivity contribution in [1.82, 2.24) is 10.2 Å². The molecule has 1 amide bonds. The highest BCUT2D eigenvalue weighted by atomic mass is 16.5. The summed E-state index contributed by atoms with van der Waals surface area (Å²) in [5, 5.41) is 2.85. The summed E-state index contributed by atoms with van der Waals surface area (Å²) in [6.45, 7) is 6.89. The molecule has 1 fully saturated rings. The van der Waals surface area contributed by atoms with E-state index in [4.69, 9.17) is 4.74 Å². The van der Waals surface area contributed by atoms with Gasteiger partial charge in [-0.2, -0.15) is 0 Å². The smallest absolute Gasteiger partial charge is 0.310 e. The SMILES string of the molecule is CCCNC(=O)CN1CCC[C@@H](C(=O)OCC)C1. The van der Waals surface area contributed by atoms with Crippen LogP contribution in [0, 0.1) is 5.92 Å². The van der Waals surface area contributed by atoms with Crippen LogP contribution in [0.2, 0.25) is 0 Å². The number of amides is 1. The van der Waals surface area contributed by atoms with E-state index in [2.05, 4.69) is 5.32 Å². The van der Waals surface area contributed by atoms with Gasteiger partial charge in [-0.15, -0.1) is 0 Å². The molecule has 0 aliphatic carbocycles. The lowest BCUT2D eigenvalue weighted by Crippen LogP contribution is -2.44. The van der Waals surface area contributed by atoms with Crippen LogP contribution in [0.3, 0.4) is 0 Å². The minimum Gasteiger partial charge on any atom is -0.466 e. The molecular weight excluding hydrogens is 232 g/mol. The monoisotopic (exact) mass is 256 g/mol. The van der Waals surface area contributed by atoms with Crippen molar-refractivity contribution in [3.8, 4) is 0 Å². The number of ether oxygens (including phenoxy) is 1. The first-order chi connectivity index (χ1) is 8.67. The van der Waals surface area contributed by atoms with E-state index >= 15 is 0 Å². The Kier molecular flexibility index (Phi) is 6.72. The zero-order valence-electron chi connectivity index (χ0n) is 11.4. The number of hydrogen-bond donors (Lipinski definition) is 1. The maximum Gasteiger partial charge on any atom is 0.310 e. The average molecular weight is 256 g/mol. The number of carbonyl (C=O) groups is 2. The number of carbonyl (C=O) groups excluding carboxylic acids is 2. The second kappa shape index (κ2) is 8.08. The third-order valence-corrected chi connectivity index (χ3v) is 3.06. The Morgan fingerprint density at radius 2 is 2.17 bits per heavy atom. The van der Waals surface area contributed by atoms with Gasteiger partial charge in [0, 0.05) is 13.1 Å². The summed E-state index contributed by atoms with van der Waals surface area (Å²) in [5.41, 5.74) is 0. The third-order valence-electron chi connectivity index (χ3n) is 3.06. The Morgan fingerprint density at radius 1 is 1.39 bits per heavy atom. The van der Waals surface area contributed by atoms with Crippen molar-refractivity contribution >= 4 is 11.9 Å². The van der Waals surface area contributed by atoms with Gasteiger partial charge in [-0.1, -0.05) is 6.92 Å². The number of nitrogens with zero attached hydrogens (tertiary/aromatic N) is 1. The predicted molar refractivity (Wildman–Crippen MR) is 69.1 cm³/mol. The summed E-state index contributed by atoms with van der Waals surface area (Å²) in [6.07, 6.45) is 2.76. The van der Waals surface area contributed by atoms with Crippen molar-refractivity contribution in [3.05, 3.63) is 0 Å². The van der Waals surface area contributed by atoms with Crippen molar-refractivity contribution in [3.63, 3.8) is 0 Å². The number of esters is 1. The van der Waals surface area contributed by atoms with Crippen LogP contribution in [-0.4, -0.2) is 49.6 Å². The molecule has 0 unspecified atom stereocenters. The molecule has 104 valence electrons. The fourth-order valence-electron chi connectivity index (χ4n) is 2.18. The maximum absolute atomic E-state index is 11.7. The normalized spacial score (nSPS) is 20.4. The summed E-state index contributed by atoms with van der Waals surface area (Å²) in [4.78, 5) is 25.3. The van der Waals surface area contributed by atoms with Gasteiger partial charge in [0.15, 0.2) is 0 Å². The van der Waals surface area contributed by atoms with Crippen LogP contribution in [0.15, 0.2) is 0 Å². The zero-order chi connectivity index (χ0) is 13.4. The van der Waals surface area contributed by atoms with Gasteiger partial charge in [0.25, 0.3) is 0 Å². The van der Waals surface area contributed by atoms with E-state index in [1.54, 1.807) is 0 Å². The van der Waals surface area contributed by atoms with Crippen LogP contribution < -0.4 is 5.32 Å². The highest BCUT2D eigenvalue weighted by molar-refractivity contribution is 5.78. The van der Waals surface area contributed by atoms with E-state index in [0.29, 0.717) is 26.2 Å². The molecule has 5 nitrogen and oxygen atoms in total. The van der Waals surface area contributed by atoms with Gasteiger partial charge in [0.1, 0.15) is 0 Å². The molecule has 1 aliphatic rings. The summed E-state index contributed by atoms with van der Waals surface area (Å²) in [5.74, 6) is -0.157. The second-order valence-corrected chi connectivity index (χ2v) is 4.68. The Labute approximate surface area is 109 Å². The maximum atomic E-state index is 11.7. The van der Waals surface area contributed by atoms with Gasteiger partial charge < -0.3 is 10.1 Å². The minimum absolute atomic E-state index is 0.0429. The lowest BCUT2D eigenvalue weighted by molar-refractivity contribution is -0.150. The lowest BCUT2D eigenvalue weighted by atomic mass is 9.98. The molecule has 0 radical (unpaired) electrons. The van der Waals surface area contributed by atoms with Gasteiger partial charge >= 0.3 is 5.97 Å². The predicted octanol–water partition coefficient (Wildman–Crippen LogP) is 0.788. The molecule has 0 aromatic rings. The molecule has 0 bridgehead atoms. The molecule has 18 heavy (non-hydrogen) atoms. The molecule has 0 saturated carbocycles. The molecule has 1 N–H and O–H groups in total. The first-order valence-electron chi connectivity index (χ1n) is 6.83. The van der Waals surface area contributed by atoms with Crippen LogP contribution in [0.4, 0.5) is 0 Å². The summed E-state index contributed by atoms with van der Waals surface area (Å²) < 4.78 is 5.03. The van der Waals surface area contributed by atoms with Gasteiger partial charge in [-0.3, -0.25) is 14.5 Å². The van der Waals surface area contributed by atoms with Gasteiger partial charge in [0.2, 0.25) is 5.91 Å². The topological polar surface area (TPSA) is 58.6 Å². The van der Waals surface area contributed by atoms with Crippen molar-refractivity contribution < 1.29 is 14.3 Å². The van der Waals surface area contributed by atoms with E-state index in [1.807, 2.05) is 18.7 Å². The number of rotatable bonds is 6. The number of nitrogens with one attached hydrogen (secondary N) is 1. The molecule has 1 aliphatic heterocycles. The van der Waals surface area contributed by atoms with Crippen LogP contribution in [-0.2, 0) is 14.3 Å². The Hall–Kier alpha value is -1.10. The number of piperidine rings is 1. The molecule has 1 heterocycles. The van der Waals surface area contributed by atoms with E-state index < -0.39 is 0 Å². The Bertz CT molecular complexity index is 281. The van der Waals surface area contributed by atoms with E-state index in [1.165, 1.54) is 0 Å². The second-order valence-electron chi connectivity index (χ2n) is 4.68. The highest BCUT2D eigenvalue weighted by Gasteiger charge is 2.27. The quantitative estimate of drug-likeness (QED) is 0.714. The first kappa shape index (κ1) is 15.0. The van der Waals surface area contributed by atoms with E-state index in [9.17, 15) is 9.59 Å². The molecule has 1 saturated heterocycles. The lowest BCUT2D eigenvalue weighted by Gasteiger charge is -2.30. The molecule has 5 heteroatoms. The van der Waals surface area contributed by atoms with Crippen LogP contribution >= 0.6 is 0 Å². The Balaban J connectivity index is 2.34. The number of hydrogen-bond acceptors (Lipinski definition) is 4. The molecule has 1 rings (SSSR count). The van der Waals surface area contributed by atoms with Crippen LogP contribution in [0.5, 0.6) is 0 Å². The minimum atomic E-state index is -0.129. The third kappa shape index (κ3) is 5.04. The molecule has 0 aromatic heterocycles. The van der Waals surface area contributed by atoms with Crippen molar-refractivity contribution in [1.29, 1.82) is 0 Å². The van der Waals surface area contributed by atoms with Gasteiger partial charge in [-0.05, 0) is 32.7 Å². The van der Waals surface area contributed by atoms with Crippen LogP contribution in [0.1, 0.15) is 33.1 Å². The summed E-state index contributed by atoms with van der Waals surface area (Å²) in [6, 6.07) is 0. The Morgan fingerprint density at radius 3 is 2.83 bits per heavy atom. The van der Waals surface area contributed by atoms with Crippen molar-refractivity contribution in [2.75, 3.05) is 32.8 Å². The van der Waals surface area contributed by atoms with Crippen LogP contribution in [0.25, 0.3) is 0 Å². The van der Waals surface area contributed by atoms with E-state index in [-0.39, 0.29) is 17.8 Å². The molecule has 1 atom stereocenters. The fourth-order valence-corrected chi connectivity index (χ4v) is 2.18. The van der Waals surface area contributed by atoms with Gasteiger partial charge in [0.05, 0.1) is 19.1 Å². The zero-order valence-corrected chi connectivity index (χ0v) is 11.4. The highest BCUT2D eigenvalue weighted by Crippen LogP contribution is 2.17. The average Bonchev–Trinajstić information content (AvgIpc) is 2.37. The molecule has 0 spiro atoms. The molecular formula is C13H24N2O3. The standard InChI is InChI=1S/C13H24N2O3/c1-3-7-14-12(16)10-15-8-5-6-11(9-15)13(17)18-4-2/h11H,3-10H2,1-2H3,(H,14,16)/t11-/m1/s1. The largest absolute Gasteiger partial charge is 0.466 e. The number of likely N-dealkylation sites (tertiary alicyclic amines) is 1. The van der Waals surface area contributed by atoms with Crippen molar-refractivity contribution in [2.24, 2.45) is 5.92 Å². The van der Waals surface area contributed by atoms with E-state index in [0.717, 1.165) is 25.8 Å². The fraction of sp³-hybridized carbons (Fsp3) is 0.846. The first-order valence-corrected chi connectivity index (χ1v) is 6.83. The molecule has 0 aromatic carbocycles. The van der Waals surface area contributed by atoms with Crippen molar-refractivity contribution in [2.45, 2.75) is 33.1 Å². The van der Waals surface area contributed by atoms with Gasteiger partial charge in [-0.25, -0.2) is 0 Å². The summed E-state index contributed by atoms with van der Waals surface area (Å²) >= 11 is 0. The summed E-state index contributed by atoms with van der Waals surface area (Å²) in [7, 11) is 0.